The Morgan fingerprint density at radius 3 is 1.21 bits per heavy atom. The molecule has 0 radical (unpaired) electrons. The van der Waals surface area contributed by atoms with Crippen LogP contribution in [-0.4, -0.2) is 54.3 Å². The SMILES string of the molecule is CCCCC/C=C\C/C=C\C/C=C\CCCCCCCCCCCCC(=O)OCC(O)COP(=O)(O)OCCNC(=O)CCCCCCCCCCCCCCC/C=C\C/C=C\CCCCC. The molecule has 10 heteroatoms. The van der Waals surface area contributed by atoms with Gasteiger partial charge in [0.15, 0.2) is 0 Å². The van der Waals surface area contributed by atoms with Gasteiger partial charge in [0.1, 0.15) is 12.7 Å². The third-order valence-electron chi connectivity index (χ3n) is 11.9. The highest BCUT2D eigenvalue weighted by Gasteiger charge is 2.23. The second-order valence-electron chi connectivity index (χ2n) is 18.5. The van der Waals surface area contributed by atoms with E-state index in [-0.39, 0.29) is 32.1 Å². The Morgan fingerprint density at radius 1 is 0.463 bits per heavy atom. The van der Waals surface area contributed by atoms with Crippen molar-refractivity contribution in [1.82, 2.24) is 5.32 Å². The highest BCUT2D eigenvalue weighted by molar-refractivity contribution is 7.47. The minimum absolute atomic E-state index is 0.0801. The molecule has 1 amide bonds. The number of carbonyl (C=O) groups excluding carboxylic acids is 2. The third kappa shape index (κ3) is 54.5. The van der Waals surface area contributed by atoms with Crippen LogP contribution in [-0.2, 0) is 27.9 Å². The average molecular weight is 962 g/mol. The number of nitrogens with one attached hydrogen (secondary N) is 1. The minimum Gasteiger partial charge on any atom is -0.463 e. The normalized spacial score (nSPS) is 13.6. The van der Waals surface area contributed by atoms with Gasteiger partial charge in [-0.25, -0.2) is 4.57 Å². The van der Waals surface area contributed by atoms with E-state index >= 15 is 0 Å². The molecule has 0 aliphatic heterocycles. The second kappa shape index (κ2) is 53.1. The maximum Gasteiger partial charge on any atom is 0.472 e. The maximum absolute atomic E-state index is 12.2. The van der Waals surface area contributed by atoms with Gasteiger partial charge in [0, 0.05) is 19.4 Å². The summed E-state index contributed by atoms with van der Waals surface area (Å²) in [6.45, 7) is 3.53. The monoisotopic (exact) mass is 962 g/mol. The number of allylic oxidation sites excluding steroid dienone is 10. The highest BCUT2D eigenvalue weighted by atomic mass is 31.2. The fourth-order valence-corrected chi connectivity index (χ4v) is 8.47. The van der Waals surface area contributed by atoms with Crippen LogP contribution in [0.25, 0.3) is 0 Å². The lowest BCUT2D eigenvalue weighted by Gasteiger charge is -2.15. The van der Waals surface area contributed by atoms with Crippen LogP contribution in [0.3, 0.4) is 0 Å². The van der Waals surface area contributed by atoms with Crippen LogP contribution < -0.4 is 5.32 Å². The van der Waals surface area contributed by atoms with Gasteiger partial charge in [0.2, 0.25) is 5.91 Å². The van der Waals surface area contributed by atoms with Gasteiger partial charge >= 0.3 is 13.8 Å². The molecule has 0 aliphatic rings. The minimum atomic E-state index is -4.43. The molecule has 0 bridgehead atoms. The van der Waals surface area contributed by atoms with E-state index in [1.165, 1.54) is 173 Å². The maximum atomic E-state index is 12.2. The summed E-state index contributed by atoms with van der Waals surface area (Å²) in [5.41, 5.74) is 0. The molecule has 0 saturated carbocycles. The standard InChI is InChI=1S/C57H104NO8P/c1-3-5-7-9-11-13-15-17-19-21-23-25-27-29-31-33-35-37-39-41-43-45-47-49-56(60)58-51-52-65-67(62,63)66-54-55(59)53-64-57(61)50-48-46-44-42-40-38-36-34-32-30-28-26-24-22-20-18-16-14-12-10-8-6-4-2/h11-14,17-20,24,26,55,59H,3-10,15-16,21-23,25,27-54H2,1-2H3,(H,58,60)(H,62,63)/b13-11-,14-12-,19-17-,20-18-,26-24-. The summed E-state index contributed by atoms with van der Waals surface area (Å²) >= 11 is 0. The molecule has 0 rings (SSSR count). The average Bonchev–Trinajstić information content (AvgIpc) is 3.32. The quantitative estimate of drug-likeness (QED) is 0.0238. The molecule has 0 aromatic carbocycles. The van der Waals surface area contributed by atoms with Gasteiger partial charge < -0.3 is 20.1 Å². The van der Waals surface area contributed by atoms with Crippen LogP contribution in [0.5, 0.6) is 0 Å². The lowest BCUT2D eigenvalue weighted by atomic mass is 10.0. The van der Waals surface area contributed by atoms with Gasteiger partial charge in [-0.3, -0.25) is 18.6 Å². The van der Waals surface area contributed by atoms with Crippen LogP contribution in [0.15, 0.2) is 60.8 Å². The van der Waals surface area contributed by atoms with Gasteiger partial charge in [0.05, 0.1) is 13.2 Å². The van der Waals surface area contributed by atoms with E-state index in [9.17, 15) is 24.2 Å². The molecular formula is C57H104NO8P. The Balaban J connectivity index is 3.54. The van der Waals surface area contributed by atoms with Crippen molar-refractivity contribution in [3.05, 3.63) is 60.8 Å². The first-order valence-electron chi connectivity index (χ1n) is 27.8. The summed E-state index contributed by atoms with van der Waals surface area (Å²) in [4.78, 5) is 34.2. The van der Waals surface area contributed by atoms with Crippen LogP contribution in [0, 0.1) is 0 Å². The summed E-state index contributed by atoms with van der Waals surface area (Å²) in [6.07, 6.45) is 65.9. The zero-order valence-corrected chi connectivity index (χ0v) is 44.2. The Bertz CT molecular complexity index is 1280. The molecule has 0 aromatic rings. The van der Waals surface area contributed by atoms with Gasteiger partial charge in [-0.05, 0) is 83.5 Å². The van der Waals surface area contributed by atoms with E-state index in [1.54, 1.807) is 0 Å². The summed E-state index contributed by atoms with van der Waals surface area (Å²) in [7, 11) is -4.43. The summed E-state index contributed by atoms with van der Waals surface area (Å²) in [6, 6.07) is 0. The van der Waals surface area contributed by atoms with Crippen molar-refractivity contribution in [3.8, 4) is 0 Å². The number of aliphatic hydroxyl groups excluding tert-OH is 1. The van der Waals surface area contributed by atoms with Crippen molar-refractivity contribution in [1.29, 1.82) is 0 Å². The van der Waals surface area contributed by atoms with E-state index in [0.29, 0.717) is 6.42 Å². The summed E-state index contributed by atoms with van der Waals surface area (Å²) in [5, 5.41) is 12.8. The molecule has 390 valence electrons. The Kier molecular flexibility index (Phi) is 51.3. The highest BCUT2D eigenvalue weighted by Crippen LogP contribution is 2.42. The smallest absolute Gasteiger partial charge is 0.463 e. The Morgan fingerprint density at radius 2 is 0.806 bits per heavy atom. The second-order valence-corrected chi connectivity index (χ2v) is 20.0. The molecule has 0 spiro atoms. The van der Waals surface area contributed by atoms with Gasteiger partial charge in [-0.1, -0.05) is 222 Å². The zero-order chi connectivity index (χ0) is 48.8. The van der Waals surface area contributed by atoms with Gasteiger partial charge in [0.25, 0.3) is 0 Å². The number of unbranched alkanes of at least 4 members (excludes halogenated alkanes) is 29. The van der Waals surface area contributed by atoms with Crippen LogP contribution in [0.4, 0.5) is 0 Å². The fraction of sp³-hybridized carbons (Fsp3) is 0.789. The molecule has 2 unspecified atom stereocenters. The van der Waals surface area contributed by atoms with Crippen LogP contribution in [0.2, 0.25) is 0 Å². The number of hydrogen-bond donors (Lipinski definition) is 3. The van der Waals surface area contributed by atoms with Crippen LogP contribution >= 0.6 is 7.82 Å². The van der Waals surface area contributed by atoms with Crippen molar-refractivity contribution in [2.45, 2.75) is 264 Å². The lowest BCUT2D eigenvalue weighted by Crippen LogP contribution is -2.27. The van der Waals surface area contributed by atoms with E-state index in [2.05, 4.69) is 79.9 Å². The van der Waals surface area contributed by atoms with Crippen molar-refractivity contribution in [2.75, 3.05) is 26.4 Å². The van der Waals surface area contributed by atoms with E-state index in [4.69, 9.17) is 13.8 Å². The molecule has 0 aromatic heterocycles. The number of carbonyl (C=O) groups is 2. The first-order valence-corrected chi connectivity index (χ1v) is 29.3. The predicted molar refractivity (Wildman–Crippen MR) is 284 cm³/mol. The first kappa shape index (κ1) is 64.7. The topological polar surface area (TPSA) is 131 Å². The molecule has 0 aliphatic carbocycles. The van der Waals surface area contributed by atoms with Crippen LogP contribution in [0.1, 0.15) is 258 Å². The molecule has 9 nitrogen and oxygen atoms in total. The predicted octanol–water partition coefficient (Wildman–Crippen LogP) is 16.8. The number of aliphatic hydroxyl groups is 1. The van der Waals surface area contributed by atoms with Crippen molar-refractivity contribution in [3.63, 3.8) is 0 Å². The summed E-state index contributed by atoms with van der Waals surface area (Å²) < 4.78 is 27.1. The van der Waals surface area contributed by atoms with E-state index in [1.807, 2.05) is 0 Å². The largest absolute Gasteiger partial charge is 0.472 e. The van der Waals surface area contributed by atoms with Crippen molar-refractivity contribution >= 4 is 19.7 Å². The Labute approximate surface area is 412 Å². The zero-order valence-electron chi connectivity index (χ0n) is 43.3. The fourth-order valence-electron chi connectivity index (χ4n) is 7.71. The number of esters is 1. The van der Waals surface area contributed by atoms with Gasteiger partial charge in [-0.15, -0.1) is 0 Å². The number of rotatable bonds is 52. The van der Waals surface area contributed by atoms with Gasteiger partial charge in [-0.2, -0.15) is 0 Å². The molecular weight excluding hydrogens is 858 g/mol. The molecule has 0 saturated heterocycles. The number of ether oxygens (including phenoxy) is 1. The molecule has 2 atom stereocenters. The third-order valence-corrected chi connectivity index (χ3v) is 12.9. The van der Waals surface area contributed by atoms with E-state index < -0.39 is 26.5 Å². The van der Waals surface area contributed by atoms with Crippen molar-refractivity contribution < 1.29 is 37.9 Å². The van der Waals surface area contributed by atoms with Crippen molar-refractivity contribution in [2.24, 2.45) is 0 Å². The first-order chi connectivity index (χ1) is 32.8. The number of hydrogen-bond acceptors (Lipinski definition) is 7. The number of phosphoric acid groups is 1. The summed E-state index contributed by atoms with van der Waals surface area (Å²) in [5.74, 6) is -0.516. The molecule has 67 heavy (non-hydrogen) atoms. The van der Waals surface area contributed by atoms with E-state index in [0.717, 1.165) is 57.8 Å². The number of phosphoric ester groups is 1. The molecule has 3 N–H and O–H groups in total. The Hall–Kier alpha value is -2.29. The molecule has 0 heterocycles. The lowest BCUT2D eigenvalue weighted by molar-refractivity contribution is -0.147. The molecule has 0 fully saturated rings. The number of amides is 1.